The zero-order valence-corrected chi connectivity index (χ0v) is 15.4. The number of methoxy groups -OCH3 is 1. The van der Waals surface area contributed by atoms with Crippen LogP contribution in [-0.2, 0) is 4.74 Å². The van der Waals surface area contributed by atoms with E-state index in [-0.39, 0.29) is 11.9 Å². The van der Waals surface area contributed by atoms with Crippen molar-refractivity contribution in [2.24, 2.45) is 0 Å². The first-order valence-electron chi connectivity index (χ1n) is 7.11. The summed E-state index contributed by atoms with van der Waals surface area (Å²) in [5.41, 5.74) is 2.22. The van der Waals surface area contributed by atoms with Crippen LogP contribution >= 0.6 is 35.4 Å². The van der Waals surface area contributed by atoms with Crippen LogP contribution in [0.3, 0.4) is 0 Å². The minimum absolute atomic E-state index is 0.00378. The molecule has 0 heterocycles. The lowest BCUT2D eigenvalue weighted by Gasteiger charge is -2.13. The molecule has 2 aromatic carbocycles. The fourth-order valence-corrected chi connectivity index (χ4v) is 2.47. The lowest BCUT2D eigenvalue weighted by molar-refractivity contribution is 0.262. The minimum Gasteiger partial charge on any atom is -0.490 e. The Morgan fingerprint density at radius 3 is 2.21 bits per heavy atom. The maximum Gasteiger partial charge on any atom is 0.323 e. The van der Waals surface area contributed by atoms with Crippen molar-refractivity contribution in [1.82, 2.24) is 0 Å². The Kier molecular flexibility index (Phi) is 6.43. The molecule has 0 aromatic heterocycles. The zero-order valence-electron chi connectivity index (χ0n) is 13.1. The molecule has 2 N–H and O–H groups in total. The van der Waals surface area contributed by atoms with Crippen LogP contribution in [0.15, 0.2) is 42.5 Å². The van der Waals surface area contributed by atoms with Crippen molar-refractivity contribution in [2.45, 2.75) is 12.8 Å². The Labute approximate surface area is 156 Å². The molecule has 126 valence electrons. The molecule has 0 aliphatic carbocycles. The van der Waals surface area contributed by atoms with E-state index in [0.29, 0.717) is 26.5 Å². The standard InChI is InChI=1S/C17H16Cl2N2O2S/c1-10(16(24)23-2)11-3-5-12(6-4-11)20-17(22)21-13-7-8-14(18)15(19)9-13/h3-10H,1-2H3,(H2,20,21,22). The fourth-order valence-electron chi connectivity index (χ4n) is 2.04. The molecule has 2 aromatic rings. The Morgan fingerprint density at radius 1 is 1.04 bits per heavy atom. The van der Waals surface area contributed by atoms with Gasteiger partial charge in [0, 0.05) is 17.3 Å². The summed E-state index contributed by atoms with van der Waals surface area (Å²) in [5.74, 6) is 0.00378. The molecular weight excluding hydrogens is 367 g/mol. The van der Waals surface area contributed by atoms with E-state index in [1.807, 2.05) is 19.1 Å². The predicted molar refractivity (Wildman–Crippen MR) is 104 cm³/mol. The van der Waals surface area contributed by atoms with E-state index in [2.05, 4.69) is 10.6 Å². The third kappa shape index (κ3) is 4.84. The fraction of sp³-hybridized carbons (Fsp3) is 0.176. The van der Waals surface area contributed by atoms with Crippen molar-refractivity contribution in [3.05, 3.63) is 58.1 Å². The van der Waals surface area contributed by atoms with Gasteiger partial charge in [0.05, 0.1) is 17.2 Å². The summed E-state index contributed by atoms with van der Waals surface area (Å²) in [4.78, 5) is 12.0. The van der Waals surface area contributed by atoms with E-state index in [9.17, 15) is 4.79 Å². The lowest BCUT2D eigenvalue weighted by atomic mass is 10.0. The summed E-state index contributed by atoms with van der Waals surface area (Å²) < 4.78 is 5.08. The number of carbonyl (C=O) groups excluding carboxylic acids is 1. The normalized spacial score (nSPS) is 11.5. The second-order valence-corrected chi connectivity index (χ2v) is 6.29. The number of ether oxygens (including phenoxy) is 1. The van der Waals surface area contributed by atoms with E-state index in [4.69, 9.17) is 40.2 Å². The molecule has 24 heavy (non-hydrogen) atoms. The average molecular weight is 383 g/mol. The summed E-state index contributed by atoms with van der Waals surface area (Å²) in [7, 11) is 1.56. The quantitative estimate of drug-likeness (QED) is 0.665. The van der Waals surface area contributed by atoms with E-state index in [1.54, 1.807) is 37.4 Å². The van der Waals surface area contributed by atoms with Crippen LogP contribution in [0.25, 0.3) is 0 Å². The molecule has 2 amide bonds. The molecular formula is C17H16Cl2N2O2S. The highest BCUT2D eigenvalue weighted by atomic mass is 35.5. The zero-order chi connectivity index (χ0) is 17.7. The molecule has 0 saturated heterocycles. The van der Waals surface area contributed by atoms with Gasteiger partial charge < -0.3 is 15.4 Å². The third-order valence-electron chi connectivity index (χ3n) is 3.40. The number of rotatable bonds is 4. The maximum absolute atomic E-state index is 12.0. The molecule has 2 rings (SSSR count). The number of hydrogen-bond acceptors (Lipinski definition) is 3. The smallest absolute Gasteiger partial charge is 0.323 e. The second-order valence-electron chi connectivity index (χ2n) is 5.07. The summed E-state index contributed by atoms with van der Waals surface area (Å²) in [5, 5.41) is 6.76. The molecule has 0 radical (unpaired) electrons. The number of benzene rings is 2. The molecule has 0 spiro atoms. The van der Waals surface area contributed by atoms with Crippen molar-refractivity contribution in [3.63, 3.8) is 0 Å². The molecule has 0 aliphatic rings. The molecule has 1 atom stereocenters. The first kappa shape index (κ1) is 18.5. The second kappa shape index (κ2) is 8.33. The molecule has 0 bridgehead atoms. The van der Waals surface area contributed by atoms with Crippen LogP contribution in [0.1, 0.15) is 18.4 Å². The summed E-state index contributed by atoms with van der Waals surface area (Å²) in [6.07, 6.45) is 0. The van der Waals surface area contributed by atoms with Crippen molar-refractivity contribution in [2.75, 3.05) is 17.7 Å². The van der Waals surface area contributed by atoms with Gasteiger partial charge in [-0.05, 0) is 48.1 Å². The SMILES string of the molecule is COC(=S)C(C)c1ccc(NC(=O)Nc2ccc(Cl)c(Cl)c2)cc1. The number of carbonyl (C=O) groups is 1. The van der Waals surface area contributed by atoms with Gasteiger partial charge >= 0.3 is 6.03 Å². The van der Waals surface area contributed by atoms with Crippen molar-refractivity contribution >= 4 is 57.9 Å². The molecule has 0 fully saturated rings. The van der Waals surface area contributed by atoms with Crippen LogP contribution in [0.2, 0.25) is 10.0 Å². The molecule has 1 unspecified atom stereocenters. The van der Waals surface area contributed by atoms with E-state index < -0.39 is 0 Å². The van der Waals surface area contributed by atoms with E-state index in [1.165, 1.54) is 0 Å². The highest BCUT2D eigenvalue weighted by molar-refractivity contribution is 7.80. The van der Waals surface area contributed by atoms with Crippen LogP contribution in [0.4, 0.5) is 16.2 Å². The Morgan fingerprint density at radius 2 is 1.62 bits per heavy atom. The van der Waals surface area contributed by atoms with Gasteiger partial charge in [-0.3, -0.25) is 0 Å². The number of amides is 2. The van der Waals surface area contributed by atoms with Crippen LogP contribution in [-0.4, -0.2) is 18.2 Å². The first-order chi connectivity index (χ1) is 11.4. The van der Waals surface area contributed by atoms with Crippen molar-refractivity contribution in [3.8, 4) is 0 Å². The number of thiocarbonyl (C=S) groups is 1. The number of halogens is 2. The van der Waals surface area contributed by atoms with Gasteiger partial charge in [-0.25, -0.2) is 4.79 Å². The van der Waals surface area contributed by atoms with Gasteiger partial charge in [0.1, 0.15) is 0 Å². The average Bonchev–Trinajstić information content (AvgIpc) is 2.57. The van der Waals surface area contributed by atoms with E-state index >= 15 is 0 Å². The Balaban J connectivity index is 1.99. The van der Waals surface area contributed by atoms with Gasteiger partial charge in [-0.1, -0.05) is 42.3 Å². The highest BCUT2D eigenvalue weighted by Crippen LogP contribution is 2.25. The monoisotopic (exact) mass is 382 g/mol. The van der Waals surface area contributed by atoms with Crippen LogP contribution in [0, 0.1) is 0 Å². The van der Waals surface area contributed by atoms with Gasteiger partial charge in [0.15, 0.2) is 5.05 Å². The first-order valence-corrected chi connectivity index (χ1v) is 8.28. The molecule has 4 nitrogen and oxygen atoms in total. The van der Waals surface area contributed by atoms with Crippen molar-refractivity contribution in [1.29, 1.82) is 0 Å². The van der Waals surface area contributed by atoms with Gasteiger partial charge in [0.2, 0.25) is 0 Å². The molecule has 0 aliphatic heterocycles. The summed E-state index contributed by atoms with van der Waals surface area (Å²) >= 11 is 16.9. The van der Waals surface area contributed by atoms with Crippen LogP contribution < -0.4 is 10.6 Å². The molecule has 0 saturated carbocycles. The largest absolute Gasteiger partial charge is 0.490 e. The molecule has 7 heteroatoms. The summed E-state index contributed by atoms with van der Waals surface area (Å²) in [6.45, 7) is 1.96. The topological polar surface area (TPSA) is 50.4 Å². The van der Waals surface area contributed by atoms with Gasteiger partial charge in [0.25, 0.3) is 0 Å². The Hall–Kier alpha value is -1.82. The van der Waals surface area contributed by atoms with Crippen LogP contribution in [0.5, 0.6) is 0 Å². The van der Waals surface area contributed by atoms with Crippen molar-refractivity contribution < 1.29 is 9.53 Å². The van der Waals surface area contributed by atoms with E-state index in [0.717, 1.165) is 5.56 Å². The van der Waals surface area contributed by atoms with Gasteiger partial charge in [-0.15, -0.1) is 0 Å². The number of hydrogen-bond donors (Lipinski definition) is 2. The predicted octanol–water partition coefficient (Wildman–Crippen LogP) is 5.71. The minimum atomic E-state index is -0.374. The highest BCUT2D eigenvalue weighted by Gasteiger charge is 2.12. The number of urea groups is 1. The lowest BCUT2D eigenvalue weighted by Crippen LogP contribution is -2.19. The third-order valence-corrected chi connectivity index (χ3v) is 4.66. The number of anilines is 2. The Bertz CT molecular complexity index is 751. The maximum atomic E-state index is 12.0. The summed E-state index contributed by atoms with van der Waals surface area (Å²) in [6, 6.07) is 11.9. The van der Waals surface area contributed by atoms with Gasteiger partial charge in [-0.2, -0.15) is 0 Å². The number of nitrogens with one attached hydrogen (secondary N) is 2.